The molecule has 3 heteroatoms. The summed E-state index contributed by atoms with van der Waals surface area (Å²) in [7, 11) is 3.42. The van der Waals surface area contributed by atoms with Crippen LogP contribution < -0.4 is 14.8 Å². The molecule has 0 spiro atoms. The molecule has 102 valence electrons. The van der Waals surface area contributed by atoms with E-state index in [9.17, 15) is 0 Å². The second-order valence-electron chi connectivity index (χ2n) is 5.06. The van der Waals surface area contributed by atoms with Crippen molar-refractivity contribution >= 4 is 0 Å². The number of nitrogens with one attached hydrogen (secondary N) is 1. The van der Waals surface area contributed by atoms with E-state index in [-0.39, 0.29) is 0 Å². The molecule has 0 aliphatic heterocycles. The van der Waals surface area contributed by atoms with Gasteiger partial charge in [-0.05, 0) is 43.5 Å². The second kappa shape index (κ2) is 6.64. The van der Waals surface area contributed by atoms with Gasteiger partial charge in [0.1, 0.15) is 11.5 Å². The fourth-order valence-electron chi connectivity index (χ4n) is 2.23. The Hall–Kier alpha value is -1.22. The van der Waals surface area contributed by atoms with Gasteiger partial charge in [0, 0.05) is 12.1 Å². The normalized spacial score (nSPS) is 12.6. The highest BCUT2D eigenvalue weighted by atomic mass is 16.5. The average molecular weight is 251 g/mol. The first-order valence-electron chi connectivity index (χ1n) is 6.45. The van der Waals surface area contributed by atoms with E-state index in [1.807, 2.05) is 13.0 Å². The largest absolute Gasteiger partial charge is 0.496 e. The van der Waals surface area contributed by atoms with Crippen molar-refractivity contribution in [2.75, 3.05) is 14.2 Å². The molecule has 1 rings (SSSR count). The lowest BCUT2D eigenvalue weighted by molar-refractivity contribution is 0.392. The summed E-state index contributed by atoms with van der Waals surface area (Å²) in [6.07, 6.45) is 0.929. The number of benzene rings is 1. The minimum Gasteiger partial charge on any atom is -0.496 e. The third-order valence-electron chi connectivity index (χ3n) is 2.94. The van der Waals surface area contributed by atoms with Crippen molar-refractivity contribution in [2.45, 2.75) is 46.2 Å². The Morgan fingerprint density at radius 3 is 2.17 bits per heavy atom. The van der Waals surface area contributed by atoms with Crippen molar-refractivity contribution in [3.05, 3.63) is 23.3 Å². The maximum atomic E-state index is 5.45. The van der Waals surface area contributed by atoms with E-state index < -0.39 is 0 Å². The molecule has 1 atom stereocenters. The number of ether oxygens (including phenoxy) is 2. The molecule has 0 aliphatic rings. The van der Waals surface area contributed by atoms with Crippen LogP contribution in [0.5, 0.6) is 11.5 Å². The minimum absolute atomic E-state index is 0.409. The van der Waals surface area contributed by atoms with E-state index in [0.717, 1.165) is 23.5 Å². The minimum atomic E-state index is 0.409. The van der Waals surface area contributed by atoms with Gasteiger partial charge in [0.25, 0.3) is 0 Å². The molecule has 0 aromatic heterocycles. The Morgan fingerprint density at radius 2 is 1.67 bits per heavy atom. The summed E-state index contributed by atoms with van der Waals surface area (Å²) in [6, 6.07) is 5.01. The third-order valence-corrected chi connectivity index (χ3v) is 2.94. The molecule has 1 aromatic carbocycles. The van der Waals surface area contributed by atoms with Gasteiger partial charge >= 0.3 is 0 Å². The van der Waals surface area contributed by atoms with Crippen molar-refractivity contribution in [1.29, 1.82) is 0 Å². The van der Waals surface area contributed by atoms with E-state index >= 15 is 0 Å². The molecule has 1 unspecified atom stereocenters. The van der Waals surface area contributed by atoms with Crippen LogP contribution in [0.4, 0.5) is 0 Å². The molecular weight excluding hydrogens is 226 g/mol. The van der Waals surface area contributed by atoms with Crippen molar-refractivity contribution in [3.63, 3.8) is 0 Å². The highest BCUT2D eigenvalue weighted by molar-refractivity contribution is 5.46. The van der Waals surface area contributed by atoms with Crippen LogP contribution in [0.15, 0.2) is 12.1 Å². The predicted octanol–water partition coefficient (Wildman–Crippen LogP) is 2.94. The number of methoxy groups -OCH3 is 2. The summed E-state index contributed by atoms with van der Waals surface area (Å²) < 4.78 is 10.8. The number of hydrogen-bond acceptors (Lipinski definition) is 3. The standard InChI is InChI=1S/C15H25NO2/c1-10(2)16-12(4)8-13-9-14(17-5)11(3)7-15(13)18-6/h7,9-10,12,16H,8H2,1-6H3. The summed E-state index contributed by atoms with van der Waals surface area (Å²) in [5, 5.41) is 3.50. The topological polar surface area (TPSA) is 30.5 Å². The maximum Gasteiger partial charge on any atom is 0.122 e. The van der Waals surface area contributed by atoms with E-state index in [1.165, 1.54) is 5.56 Å². The molecule has 3 nitrogen and oxygen atoms in total. The van der Waals surface area contributed by atoms with Gasteiger partial charge in [-0.1, -0.05) is 13.8 Å². The maximum absolute atomic E-state index is 5.45. The molecule has 0 saturated carbocycles. The Bertz CT molecular complexity index is 388. The summed E-state index contributed by atoms with van der Waals surface area (Å²) in [5.74, 6) is 1.85. The van der Waals surface area contributed by atoms with Gasteiger partial charge in [0.05, 0.1) is 14.2 Å². The van der Waals surface area contributed by atoms with Crippen LogP contribution in [-0.2, 0) is 6.42 Å². The lowest BCUT2D eigenvalue weighted by Crippen LogP contribution is -2.33. The SMILES string of the molecule is COc1cc(CC(C)NC(C)C)c(OC)cc1C. The fraction of sp³-hybridized carbons (Fsp3) is 0.600. The van der Waals surface area contributed by atoms with Crippen molar-refractivity contribution < 1.29 is 9.47 Å². The first kappa shape index (κ1) is 14.8. The van der Waals surface area contributed by atoms with Crippen LogP contribution in [0.3, 0.4) is 0 Å². The van der Waals surface area contributed by atoms with Gasteiger partial charge in [-0.25, -0.2) is 0 Å². The van der Waals surface area contributed by atoms with Crippen LogP contribution in [-0.4, -0.2) is 26.3 Å². The summed E-state index contributed by atoms with van der Waals surface area (Å²) in [5.41, 5.74) is 2.28. The van der Waals surface area contributed by atoms with E-state index in [2.05, 4.69) is 32.2 Å². The van der Waals surface area contributed by atoms with Crippen LogP contribution >= 0.6 is 0 Å². The van der Waals surface area contributed by atoms with E-state index in [1.54, 1.807) is 14.2 Å². The first-order chi connectivity index (χ1) is 8.47. The number of aryl methyl sites for hydroxylation is 1. The van der Waals surface area contributed by atoms with E-state index in [0.29, 0.717) is 12.1 Å². The van der Waals surface area contributed by atoms with Crippen LogP contribution in [0.1, 0.15) is 31.9 Å². The molecule has 0 fully saturated rings. The molecule has 0 bridgehead atoms. The molecule has 0 heterocycles. The molecule has 0 radical (unpaired) electrons. The molecule has 1 aromatic rings. The van der Waals surface area contributed by atoms with Gasteiger partial charge in [0.2, 0.25) is 0 Å². The molecule has 18 heavy (non-hydrogen) atoms. The van der Waals surface area contributed by atoms with Gasteiger partial charge in [-0.15, -0.1) is 0 Å². The fourth-order valence-corrected chi connectivity index (χ4v) is 2.23. The van der Waals surface area contributed by atoms with Gasteiger partial charge < -0.3 is 14.8 Å². The molecule has 0 amide bonds. The highest BCUT2D eigenvalue weighted by Crippen LogP contribution is 2.29. The summed E-state index contributed by atoms with van der Waals surface area (Å²) in [4.78, 5) is 0. The Balaban J connectivity index is 2.92. The molecule has 0 saturated heterocycles. The Labute approximate surface area is 110 Å². The van der Waals surface area contributed by atoms with Crippen LogP contribution in [0, 0.1) is 6.92 Å². The van der Waals surface area contributed by atoms with Crippen molar-refractivity contribution in [2.24, 2.45) is 0 Å². The highest BCUT2D eigenvalue weighted by Gasteiger charge is 2.12. The average Bonchev–Trinajstić information content (AvgIpc) is 2.29. The van der Waals surface area contributed by atoms with Crippen molar-refractivity contribution in [3.8, 4) is 11.5 Å². The third kappa shape index (κ3) is 3.91. The smallest absolute Gasteiger partial charge is 0.122 e. The second-order valence-corrected chi connectivity index (χ2v) is 5.06. The molecular formula is C15H25NO2. The van der Waals surface area contributed by atoms with Crippen LogP contribution in [0.25, 0.3) is 0 Å². The predicted molar refractivity (Wildman–Crippen MR) is 75.7 cm³/mol. The zero-order valence-electron chi connectivity index (χ0n) is 12.3. The van der Waals surface area contributed by atoms with Crippen LogP contribution in [0.2, 0.25) is 0 Å². The Kier molecular flexibility index (Phi) is 5.48. The zero-order valence-corrected chi connectivity index (χ0v) is 12.3. The summed E-state index contributed by atoms with van der Waals surface area (Å²) >= 11 is 0. The number of rotatable bonds is 6. The lowest BCUT2D eigenvalue weighted by Gasteiger charge is -2.19. The van der Waals surface area contributed by atoms with Gasteiger partial charge in [-0.3, -0.25) is 0 Å². The van der Waals surface area contributed by atoms with Crippen molar-refractivity contribution in [1.82, 2.24) is 5.32 Å². The molecule has 1 N–H and O–H groups in total. The lowest BCUT2D eigenvalue weighted by atomic mass is 10.0. The number of hydrogen-bond donors (Lipinski definition) is 1. The van der Waals surface area contributed by atoms with Gasteiger partial charge in [-0.2, -0.15) is 0 Å². The first-order valence-corrected chi connectivity index (χ1v) is 6.45. The zero-order chi connectivity index (χ0) is 13.7. The summed E-state index contributed by atoms with van der Waals surface area (Å²) in [6.45, 7) is 8.53. The van der Waals surface area contributed by atoms with E-state index in [4.69, 9.17) is 9.47 Å². The quantitative estimate of drug-likeness (QED) is 0.843. The monoisotopic (exact) mass is 251 g/mol. The molecule has 0 aliphatic carbocycles. The van der Waals surface area contributed by atoms with Gasteiger partial charge in [0.15, 0.2) is 0 Å². The Morgan fingerprint density at radius 1 is 1.06 bits per heavy atom.